The molecule has 0 saturated carbocycles. The van der Waals surface area contributed by atoms with Crippen molar-refractivity contribution >= 4 is 11.8 Å². The molecule has 0 spiro atoms. The van der Waals surface area contributed by atoms with Crippen molar-refractivity contribution in [2.45, 2.75) is 130 Å². The Bertz CT molecular complexity index is 447. The Labute approximate surface area is 198 Å². The summed E-state index contributed by atoms with van der Waals surface area (Å²) >= 11 is 0. The summed E-state index contributed by atoms with van der Waals surface area (Å²) in [5.74, 6) is -0.898. The van der Waals surface area contributed by atoms with E-state index in [0.29, 0.717) is 6.61 Å². The maximum Gasteiger partial charge on any atom is 0.319 e. The molecule has 5 nitrogen and oxygen atoms in total. The normalized spacial score (nSPS) is 11.6. The molecule has 0 aromatic heterocycles. The topological polar surface area (TPSA) is 72.8 Å². The Morgan fingerprint density at radius 1 is 0.656 bits per heavy atom. The highest BCUT2D eigenvalue weighted by Gasteiger charge is 2.37. The minimum Gasteiger partial charge on any atom is -0.463 e. The zero-order chi connectivity index (χ0) is 23.9. The van der Waals surface area contributed by atoms with Crippen molar-refractivity contribution in [1.29, 1.82) is 0 Å². The molecule has 1 N–H and O–H groups in total. The quantitative estimate of drug-likeness (QED) is 0.0983. The van der Waals surface area contributed by atoms with Crippen molar-refractivity contribution in [2.24, 2.45) is 5.41 Å². The number of rotatable bonds is 24. The van der Waals surface area contributed by atoms with Gasteiger partial charge in [0, 0.05) is 6.61 Å². The summed E-state index contributed by atoms with van der Waals surface area (Å²) < 4.78 is 10.3. The first kappa shape index (κ1) is 31.1. The standard InChI is InChI=1S/C27H52O5/c1-4-5-6-7-8-9-10-11-12-13-14-15-16-17-18-19-20-22-31-24-25(29)27(2,3)26(30)32-23-21-28/h28H,4-24H2,1-3H3. The fourth-order valence-electron chi connectivity index (χ4n) is 3.71. The lowest BCUT2D eigenvalue weighted by Crippen LogP contribution is -2.38. The third-order valence-corrected chi connectivity index (χ3v) is 6.16. The molecule has 0 bridgehead atoms. The van der Waals surface area contributed by atoms with E-state index in [1.54, 1.807) is 0 Å². The zero-order valence-electron chi connectivity index (χ0n) is 21.4. The van der Waals surface area contributed by atoms with Crippen LogP contribution in [0.15, 0.2) is 0 Å². The van der Waals surface area contributed by atoms with Crippen molar-refractivity contribution in [3.8, 4) is 0 Å². The number of hydrogen-bond acceptors (Lipinski definition) is 5. The van der Waals surface area contributed by atoms with Crippen LogP contribution in [0.2, 0.25) is 0 Å². The molecule has 0 aliphatic carbocycles. The van der Waals surface area contributed by atoms with Crippen LogP contribution in [0, 0.1) is 5.41 Å². The largest absolute Gasteiger partial charge is 0.463 e. The fraction of sp³-hybridized carbons (Fsp3) is 0.926. The summed E-state index contributed by atoms with van der Waals surface area (Å²) in [6.45, 7) is 5.49. The minimum atomic E-state index is -1.23. The van der Waals surface area contributed by atoms with Gasteiger partial charge < -0.3 is 14.6 Å². The van der Waals surface area contributed by atoms with Crippen LogP contribution in [0.3, 0.4) is 0 Å². The molecule has 0 aromatic rings. The summed E-state index contributed by atoms with van der Waals surface area (Å²) in [5.41, 5.74) is -1.23. The molecule has 0 fully saturated rings. The molecule has 0 saturated heterocycles. The molecule has 0 radical (unpaired) electrons. The molecule has 32 heavy (non-hydrogen) atoms. The van der Waals surface area contributed by atoms with E-state index in [1.807, 2.05) is 0 Å². The molecule has 190 valence electrons. The molecule has 0 heterocycles. The number of hydrogen-bond donors (Lipinski definition) is 1. The Hall–Kier alpha value is -0.940. The van der Waals surface area contributed by atoms with E-state index in [4.69, 9.17) is 14.6 Å². The Morgan fingerprint density at radius 2 is 1.06 bits per heavy atom. The predicted molar refractivity (Wildman–Crippen MR) is 132 cm³/mol. The highest BCUT2D eigenvalue weighted by atomic mass is 16.5. The van der Waals surface area contributed by atoms with E-state index >= 15 is 0 Å². The van der Waals surface area contributed by atoms with Crippen molar-refractivity contribution in [2.75, 3.05) is 26.4 Å². The van der Waals surface area contributed by atoms with E-state index in [0.717, 1.165) is 12.8 Å². The van der Waals surface area contributed by atoms with Crippen LogP contribution in [0.25, 0.3) is 0 Å². The van der Waals surface area contributed by atoms with Crippen molar-refractivity contribution < 1.29 is 24.2 Å². The van der Waals surface area contributed by atoms with Crippen LogP contribution in [0.4, 0.5) is 0 Å². The van der Waals surface area contributed by atoms with E-state index in [-0.39, 0.29) is 25.6 Å². The number of carbonyl (C=O) groups excluding carboxylic acids is 2. The van der Waals surface area contributed by atoms with Gasteiger partial charge in [-0.3, -0.25) is 9.59 Å². The molecule has 0 amide bonds. The van der Waals surface area contributed by atoms with Gasteiger partial charge in [-0.1, -0.05) is 110 Å². The summed E-state index contributed by atoms with van der Waals surface area (Å²) in [6.07, 6.45) is 22.7. The molecule has 0 aliphatic heterocycles. The summed E-state index contributed by atoms with van der Waals surface area (Å²) in [6, 6.07) is 0. The van der Waals surface area contributed by atoms with Gasteiger partial charge in [-0.25, -0.2) is 0 Å². The van der Waals surface area contributed by atoms with Gasteiger partial charge in [-0.15, -0.1) is 0 Å². The summed E-state index contributed by atoms with van der Waals surface area (Å²) in [5, 5.41) is 8.71. The second kappa shape index (κ2) is 21.9. The Balaban J connectivity index is 3.37. The molecule has 5 heteroatoms. The number of ketones is 1. The number of carbonyl (C=O) groups is 2. The first-order valence-corrected chi connectivity index (χ1v) is 13.4. The fourth-order valence-corrected chi connectivity index (χ4v) is 3.71. The number of ether oxygens (including phenoxy) is 2. The number of Topliss-reactive ketones (excluding diaryl/α,β-unsaturated/α-hetero) is 1. The maximum absolute atomic E-state index is 12.2. The molecule has 0 aromatic carbocycles. The van der Waals surface area contributed by atoms with Gasteiger partial charge in [0.05, 0.1) is 6.61 Å². The monoisotopic (exact) mass is 456 g/mol. The zero-order valence-corrected chi connectivity index (χ0v) is 21.4. The summed E-state index contributed by atoms with van der Waals surface area (Å²) in [4.78, 5) is 24.0. The van der Waals surface area contributed by atoms with Crippen LogP contribution < -0.4 is 0 Å². The van der Waals surface area contributed by atoms with Gasteiger partial charge in [-0.05, 0) is 20.3 Å². The number of aliphatic hydroxyl groups is 1. The van der Waals surface area contributed by atoms with Crippen molar-refractivity contribution in [3.05, 3.63) is 0 Å². The molecule has 0 atom stereocenters. The Kier molecular flexibility index (Phi) is 21.2. The molecular formula is C27H52O5. The van der Waals surface area contributed by atoms with E-state index in [1.165, 1.54) is 110 Å². The smallest absolute Gasteiger partial charge is 0.319 e. The lowest BCUT2D eigenvalue weighted by atomic mass is 9.88. The maximum atomic E-state index is 12.2. The Morgan fingerprint density at radius 3 is 1.47 bits per heavy atom. The van der Waals surface area contributed by atoms with E-state index < -0.39 is 11.4 Å². The van der Waals surface area contributed by atoms with Crippen LogP contribution in [-0.2, 0) is 19.1 Å². The van der Waals surface area contributed by atoms with E-state index in [2.05, 4.69) is 6.92 Å². The van der Waals surface area contributed by atoms with Gasteiger partial charge in [0.25, 0.3) is 0 Å². The van der Waals surface area contributed by atoms with Crippen molar-refractivity contribution in [1.82, 2.24) is 0 Å². The first-order chi connectivity index (χ1) is 15.5. The highest BCUT2D eigenvalue weighted by molar-refractivity contribution is 6.03. The van der Waals surface area contributed by atoms with Gasteiger partial charge in [0.2, 0.25) is 0 Å². The van der Waals surface area contributed by atoms with Gasteiger partial charge in [0.1, 0.15) is 18.6 Å². The number of esters is 1. The third kappa shape index (κ3) is 17.6. The van der Waals surface area contributed by atoms with E-state index in [9.17, 15) is 9.59 Å². The van der Waals surface area contributed by atoms with Gasteiger partial charge in [0.15, 0.2) is 5.78 Å². The average Bonchev–Trinajstić information content (AvgIpc) is 2.78. The second-order valence-electron chi connectivity index (χ2n) is 9.62. The average molecular weight is 457 g/mol. The van der Waals surface area contributed by atoms with Crippen LogP contribution in [0.1, 0.15) is 130 Å². The molecular weight excluding hydrogens is 404 g/mol. The second-order valence-corrected chi connectivity index (χ2v) is 9.62. The lowest BCUT2D eigenvalue weighted by Gasteiger charge is -2.20. The lowest BCUT2D eigenvalue weighted by molar-refractivity contribution is -0.160. The first-order valence-electron chi connectivity index (χ1n) is 13.4. The van der Waals surface area contributed by atoms with Crippen LogP contribution >= 0.6 is 0 Å². The number of unbranched alkanes of at least 4 members (excludes halogenated alkanes) is 16. The number of aliphatic hydroxyl groups excluding tert-OH is 1. The van der Waals surface area contributed by atoms with Crippen LogP contribution in [-0.4, -0.2) is 43.3 Å². The SMILES string of the molecule is CCCCCCCCCCCCCCCCCCCOCC(=O)C(C)(C)C(=O)OCCO. The molecule has 0 aliphatic rings. The van der Waals surface area contributed by atoms with Gasteiger partial charge >= 0.3 is 5.97 Å². The minimum absolute atomic E-state index is 0.0694. The van der Waals surface area contributed by atoms with Gasteiger partial charge in [-0.2, -0.15) is 0 Å². The third-order valence-electron chi connectivity index (χ3n) is 6.16. The molecule has 0 rings (SSSR count). The molecule has 0 unspecified atom stereocenters. The highest BCUT2D eigenvalue weighted by Crippen LogP contribution is 2.19. The van der Waals surface area contributed by atoms with Crippen LogP contribution in [0.5, 0.6) is 0 Å². The summed E-state index contributed by atoms with van der Waals surface area (Å²) in [7, 11) is 0. The predicted octanol–water partition coefficient (Wildman–Crippen LogP) is 6.79. The van der Waals surface area contributed by atoms with Crippen molar-refractivity contribution in [3.63, 3.8) is 0 Å².